The summed E-state index contributed by atoms with van der Waals surface area (Å²) in [5.74, 6) is -0.578. The van der Waals surface area contributed by atoms with E-state index < -0.39 is 10.9 Å². The molecule has 8 heteroatoms. The number of non-ortho nitro benzene ring substituents is 1. The summed E-state index contributed by atoms with van der Waals surface area (Å²) in [6, 6.07) is 12.7. The minimum atomic E-state index is -0.575. The van der Waals surface area contributed by atoms with Gasteiger partial charge >= 0.3 is 5.97 Å². The number of cyclic esters (lactones) is 1. The molecule has 1 amide bonds. The van der Waals surface area contributed by atoms with Gasteiger partial charge in [0.25, 0.3) is 5.69 Å². The van der Waals surface area contributed by atoms with Crippen molar-refractivity contribution in [3.8, 4) is 0 Å². The molecule has 8 nitrogen and oxygen atoms in total. The molecule has 0 aromatic heterocycles. The normalized spacial score (nSPS) is 14.8. The number of nitro groups is 1. The zero-order valence-electron chi connectivity index (χ0n) is 14.8. The number of ether oxygens (including phenoxy) is 1. The summed E-state index contributed by atoms with van der Waals surface area (Å²) in [7, 11) is 0. The molecule has 0 saturated carbocycles. The van der Waals surface area contributed by atoms with Gasteiger partial charge in [-0.1, -0.05) is 12.2 Å². The van der Waals surface area contributed by atoms with Crippen molar-refractivity contribution in [2.75, 3.05) is 5.32 Å². The van der Waals surface area contributed by atoms with Gasteiger partial charge in [0.05, 0.1) is 4.92 Å². The van der Waals surface area contributed by atoms with Crippen LogP contribution in [0.25, 0.3) is 6.08 Å². The summed E-state index contributed by atoms with van der Waals surface area (Å²) < 4.78 is 5.17. The van der Waals surface area contributed by atoms with Crippen LogP contribution in [0, 0.1) is 10.1 Å². The van der Waals surface area contributed by atoms with E-state index in [4.69, 9.17) is 4.74 Å². The lowest BCUT2D eigenvalue weighted by Gasteiger charge is -2.03. The predicted octanol–water partition coefficient (Wildman–Crippen LogP) is 3.45. The molecular formula is C20H15N3O5. The Morgan fingerprint density at radius 1 is 1.14 bits per heavy atom. The number of benzene rings is 2. The first-order chi connectivity index (χ1) is 13.4. The minimum absolute atomic E-state index is 0.00800. The first-order valence-electron chi connectivity index (χ1n) is 8.24. The van der Waals surface area contributed by atoms with E-state index in [-0.39, 0.29) is 23.2 Å². The topological polar surface area (TPSA) is 111 Å². The highest BCUT2D eigenvalue weighted by atomic mass is 16.6. The van der Waals surface area contributed by atoms with Gasteiger partial charge in [-0.3, -0.25) is 14.9 Å². The number of nitro benzene ring substituents is 1. The van der Waals surface area contributed by atoms with Crippen molar-refractivity contribution in [3.63, 3.8) is 0 Å². The monoisotopic (exact) mass is 377 g/mol. The van der Waals surface area contributed by atoms with E-state index >= 15 is 0 Å². The molecule has 140 valence electrons. The number of nitrogens with one attached hydrogen (secondary N) is 1. The van der Waals surface area contributed by atoms with Crippen LogP contribution >= 0.6 is 0 Å². The number of aliphatic imine (C=N–C) groups is 1. The molecule has 1 aliphatic heterocycles. The summed E-state index contributed by atoms with van der Waals surface area (Å²) in [6.45, 7) is 1.41. The minimum Gasteiger partial charge on any atom is -0.402 e. The van der Waals surface area contributed by atoms with Gasteiger partial charge in [-0.15, -0.1) is 0 Å². The summed E-state index contributed by atoms with van der Waals surface area (Å²) >= 11 is 0. The molecule has 0 unspecified atom stereocenters. The van der Waals surface area contributed by atoms with Gasteiger partial charge in [-0.2, -0.15) is 0 Å². The lowest BCUT2D eigenvalue weighted by molar-refractivity contribution is -0.384. The number of amides is 1. The molecule has 28 heavy (non-hydrogen) atoms. The second-order valence-corrected chi connectivity index (χ2v) is 5.82. The van der Waals surface area contributed by atoms with Crippen molar-refractivity contribution in [1.29, 1.82) is 0 Å². The van der Waals surface area contributed by atoms with Crippen LogP contribution in [-0.4, -0.2) is 22.7 Å². The Labute approximate surface area is 160 Å². The van der Waals surface area contributed by atoms with E-state index in [2.05, 4.69) is 10.3 Å². The number of esters is 1. The highest BCUT2D eigenvalue weighted by molar-refractivity contribution is 6.11. The van der Waals surface area contributed by atoms with Crippen molar-refractivity contribution >= 4 is 35.2 Å². The number of carbonyl (C=O) groups excluding carboxylic acids is 2. The lowest BCUT2D eigenvalue weighted by atomic mass is 10.2. The number of anilines is 1. The van der Waals surface area contributed by atoms with Gasteiger partial charge in [-0.05, 0) is 48.0 Å². The Balaban J connectivity index is 1.72. The maximum Gasteiger partial charge on any atom is 0.363 e. The van der Waals surface area contributed by atoms with Crippen molar-refractivity contribution in [2.24, 2.45) is 4.99 Å². The van der Waals surface area contributed by atoms with Gasteiger partial charge in [0.2, 0.25) is 11.8 Å². The predicted molar refractivity (Wildman–Crippen MR) is 104 cm³/mol. The Morgan fingerprint density at radius 3 is 2.43 bits per heavy atom. The third kappa shape index (κ3) is 4.55. The Bertz CT molecular complexity index is 1020. The third-order valence-corrected chi connectivity index (χ3v) is 3.72. The smallest absolute Gasteiger partial charge is 0.363 e. The van der Waals surface area contributed by atoms with Crippen LogP contribution in [0.3, 0.4) is 0 Å². The van der Waals surface area contributed by atoms with Crippen LogP contribution in [0.2, 0.25) is 0 Å². The molecule has 1 aliphatic rings. The van der Waals surface area contributed by atoms with Crippen molar-refractivity contribution in [1.82, 2.24) is 0 Å². The SMILES string of the molecule is CC(=O)Nc1ccc(C2=N/C(=C\C=C\c3ccc([N+](=O)[O-])cc3)C(=O)O2)cc1. The fourth-order valence-electron chi connectivity index (χ4n) is 2.40. The summed E-state index contributed by atoms with van der Waals surface area (Å²) in [6.07, 6.45) is 4.81. The van der Waals surface area contributed by atoms with Crippen LogP contribution in [0.15, 0.2) is 71.4 Å². The molecule has 0 bridgehead atoms. The van der Waals surface area contributed by atoms with Crippen LogP contribution in [0.1, 0.15) is 18.1 Å². The van der Waals surface area contributed by atoms with E-state index in [1.165, 1.54) is 25.1 Å². The van der Waals surface area contributed by atoms with Crippen molar-refractivity contribution < 1.29 is 19.2 Å². The molecule has 3 rings (SSSR count). The van der Waals surface area contributed by atoms with Gasteiger partial charge in [-0.25, -0.2) is 9.79 Å². The number of nitrogens with zero attached hydrogens (tertiary/aromatic N) is 2. The van der Waals surface area contributed by atoms with E-state index in [0.717, 1.165) is 5.56 Å². The Kier molecular flexibility index (Phi) is 5.40. The maximum absolute atomic E-state index is 12.0. The van der Waals surface area contributed by atoms with E-state index in [0.29, 0.717) is 11.3 Å². The highest BCUT2D eigenvalue weighted by Crippen LogP contribution is 2.19. The van der Waals surface area contributed by atoms with Crippen molar-refractivity contribution in [3.05, 3.63) is 87.6 Å². The standard InChI is InChI=1S/C20H15N3O5/c1-13(24)21-16-9-7-15(8-10-16)19-22-18(20(25)28-19)4-2-3-14-5-11-17(12-6-14)23(26)27/h2-12H,1H3,(H,21,24)/b3-2+,18-4-. The molecule has 1 N–H and O–H groups in total. The molecule has 1 heterocycles. The lowest BCUT2D eigenvalue weighted by Crippen LogP contribution is -2.07. The summed E-state index contributed by atoms with van der Waals surface area (Å²) in [5.41, 5.74) is 2.12. The molecule has 0 aliphatic carbocycles. The fourth-order valence-corrected chi connectivity index (χ4v) is 2.40. The zero-order valence-corrected chi connectivity index (χ0v) is 14.8. The van der Waals surface area contributed by atoms with Gasteiger partial charge in [0.15, 0.2) is 5.70 Å². The van der Waals surface area contributed by atoms with E-state index in [1.807, 2.05) is 0 Å². The van der Waals surface area contributed by atoms with Gasteiger partial charge in [0.1, 0.15) is 0 Å². The van der Waals surface area contributed by atoms with E-state index in [9.17, 15) is 19.7 Å². The summed E-state index contributed by atoms with van der Waals surface area (Å²) in [4.78, 5) is 37.4. The Hall–Kier alpha value is -4.07. The second kappa shape index (κ2) is 8.09. The fraction of sp³-hybridized carbons (Fsp3) is 0.0500. The molecule has 2 aromatic rings. The third-order valence-electron chi connectivity index (χ3n) is 3.72. The molecule has 0 spiro atoms. The van der Waals surface area contributed by atoms with Gasteiger partial charge in [0, 0.05) is 30.3 Å². The maximum atomic E-state index is 12.0. The molecule has 0 saturated heterocycles. The molecule has 0 fully saturated rings. The van der Waals surface area contributed by atoms with Crippen LogP contribution < -0.4 is 5.32 Å². The number of hydrogen-bond acceptors (Lipinski definition) is 6. The van der Waals surface area contributed by atoms with E-state index in [1.54, 1.807) is 48.6 Å². The average Bonchev–Trinajstić information content (AvgIpc) is 3.03. The van der Waals surface area contributed by atoms with Crippen LogP contribution in [-0.2, 0) is 14.3 Å². The summed E-state index contributed by atoms with van der Waals surface area (Å²) in [5, 5.41) is 13.3. The second-order valence-electron chi connectivity index (χ2n) is 5.82. The quantitative estimate of drug-likeness (QED) is 0.371. The molecule has 0 atom stereocenters. The number of carbonyl (C=O) groups is 2. The number of hydrogen-bond donors (Lipinski definition) is 1. The average molecular weight is 377 g/mol. The number of rotatable bonds is 5. The Morgan fingerprint density at radius 2 is 1.82 bits per heavy atom. The van der Waals surface area contributed by atoms with Gasteiger partial charge < -0.3 is 10.1 Å². The highest BCUT2D eigenvalue weighted by Gasteiger charge is 2.23. The largest absolute Gasteiger partial charge is 0.402 e. The van der Waals surface area contributed by atoms with Crippen LogP contribution in [0.4, 0.5) is 11.4 Å². The number of allylic oxidation sites excluding steroid dienone is 2. The first kappa shape index (κ1) is 18.7. The molecule has 2 aromatic carbocycles. The zero-order chi connectivity index (χ0) is 20.1. The van der Waals surface area contributed by atoms with Crippen molar-refractivity contribution in [2.45, 2.75) is 6.92 Å². The van der Waals surface area contributed by atoms with Crippen LogP contribution in [0.5, 0.6) is 0 Å². The molecule has 0 radical (unpaired) electrons. The molecular weight excluding hydrogens is 362 g/mol. The first-order valence-corrected chi connectivity index (χ1v) is 8.24.